The zero-order chi connectivity index (χ0) is 16.2. The van der Waals surface area contributed by atoms with Crippen LogP contribution >= 0.6 is 11.8 Å². The van der Waals surface area contributed by atoms with Gasteiger partial charge in [0.25, 0.3) is 0 Å². The van der Waals surface area contributed by atoms with Crippen LogP contribution in [-0.2, 0) is 0 Å². The summed E-state index contributed by atoms with van der Waals surface area (Å²) in [5.74, 6) is 1.58. The Bertz CT molecular complexity index is 665. The van der Waals surface area contributed by atoms with Crippen LogP contribution < -0.4 is 10.2 Å². The number of aromatic nitrogens is 1. The molecule has 0 amide bonds. The Hall–Kier alpha value is -1.79. The summed E-state index contributed by atoms with van der Waals surface area (Å²) < 4.78 is 13.5. The molecule has 1 atom stereocenters. The van der Waals surface area contributed by atoms with Crippen molar-refractivity contribution in [3.05, 3.63) is 47.9 Å². The molecule has 1 aliphatic heterocycles. The topological polar surface area (TPSA) is 48.4 Å². The number of aliphatic hydroxyl groups is 1. The van der Waals surface area contributed by atoms with Gasteiger partial charge in [0.05, 0.1) is 24.5 Å². The summed E-state index contributed by atoms with van der Waals surface area (Å²) in [6, 6.07) is 8.94. The summed E-state index contributed by atoms with van der Waals surface area (Å²) in [7, 11) is 1.91. The van der Waals surface area contributed by atoms with E-state index in [4.69, 9.17) is 5.11 Å². The number of likely N-dealkylation sites (N-methyl/N-ethyl adjacent to an activating group) is 1. The van der Waals surface area contributed by atoms with Gasteiger partial charge in [0.15, 0.2) is 0 Å². The number of fused-ring (bicyclic) bond motifs is 1. The lowest BCUT2D eigenvalue weighted by molar-refractivity contribution is 0.304. The number of aliphatic hydroxyl groups excluding tert-OH is 1. The van der Waals surface area contributed by atoms with Gasteiger partial charge in [0, 0.05) is 24.2 Å². The van der Waals surface area contributed by atoms with Crippen molar-refractivity contribution in [3.8, 4) is 0 Å². The third-order valence-corrected chi connectivity index (χ3v) is 5.08. The Balaban J connectivity index is 1.74. The second-order valence-electron chi connectivity index (χ2n) is 5.56. The molecule has 1 unspecified atom stereocenters. The van der Waals surface area contributed by atoms with E-state index in [1.807, 2.05) is 30.1 Å². The fourth-order valence-electron chi connectivity index (χ4n) is 2.67. The zero-order valence-corrected chi connectivity index (χ0v) is 13.8. The van der Waals surface area contributed by atoms with Gasteiger partial charge in [-0.2, -0.15) is 0 Å². The minimum atomic E-state index is -0.202. The Kier molecular flexibility index (Phi) is 5.03. The molecule has 23 heavy (non-hydrogen) atoms. The van der Waals surface area contributed by atoms with E-state index >= 15 is 0 Å². The molecule has 0 saturated heterocycles. The molecule has 0 aliphatic carbocycles. The largest absolute Gasteiger partial charge is 0.395 e. The molecule has 1 aromatic carbocycles. The Morgan fingerprint density at radius 1 is 1.39 bits per heavy atom. The van der Waals surface area contributed by atoms with E-state index in [1.165, 1.54) is 6.07 Å². The molecule has 0 saturated carbocycles. The fraction of sp³-hybridized carbons (Fsp3) is 0.353. The maximum absolute atomic E-state index is 13.5. The number of anilines is 2. The van der Waals surface area contributed by atoms with Gasteiger partial charge in [-0.25, -0.2) is 9.37 Å². The van der Waals surface area contributed by atoms with Crippen molar-refractivity contribution in [2.45, 2.75) is 17.4 Å². The predicted octanol–water partition coefficient (Wildman–Crippen LogP) is 3.30. The molecule has 4 nitrogen and oxygen atoms in total. The monoisotopic (exact) mass is 333 g/mol. The number of hydrogen-bond donors (Lipinski definition) is 2. The third-order valence-electron chi connectivity index (χ3n) is 3.96. The van der Waals surface area contributed by atoms with Crippen LogP contribution in [-0.4, -0.2) is 36.0 Å². The predicted molar refractivity (Wildman–Crippen MR) is 92.7 cm³/mol. The molecule has 2 aromatic rings. The van der Waals surface area contributed by atoms with Crippen LogP contribution in [0.1, 0.15) is 18.0 Å². The number of pyridine rings is 1. The first-order chi connectivity index (χ1) is 11.2. The molecule has 0 fully saturated rings. The van der Waals surface area contributed by atoms with Crippen LogP contribution in [0, 0.1) is 5.82 Å². The average molecular weight is 333 g/mol. The van der Waals surface area contributed by atoms with E-state index < -0.39 is 0 Å². The minimum Gasteiger partial charge on any atom is -0.395 e. The van der Waals surface area contributed by atoms with Crippen molar-refractivity contribution in [2.24, 2.45) is 0 Å². The molecule has 6 heteroatoms. The van der Waals surface area contributed by atoms with Gasteiger partial charge in [-0.15, -0.1) is 11.8 Å². The molecular formula is C17H20FN3OS. The SMILES string of the molecule is CN(CCO)c1ccc(NC2CCSc3ccc(F)cc32)nc1. The van der Waals surface area contributed by atoms with Gasteiger partial charge in [0.1, 0.15) is 11.6 Å². The van der Waals surface area contributed by atoms with Crippen LogP contribution in [0.4, 0.5) is 15.9 Å². The lowest BCUT2D eigenvalue weighted by atomic mass is 10.0. The number of rotatable bonds is 5. The summed E-state index contributed by atoms with van der Waals surface area (Å²) in [5, 5.41) is 12.4. The van der Waals surface area contributed by atoms with Gasteiger partial charge in [-0.3, -0.25) is 0 Å². The highest BCUT2D eigenvalue weighted by atomic mass is 32.2. The maximum Gasteiger partial charge on any atom is 0.126 e. The van der Waals surface area contributed by atoms with E-state index in [2.05, 4.69) is 10.3 Å². The average Bonchev–Trinajstić information content (AvgIpc) is 2.56. The summed E-state index contributed by atoms with van der Waals surface area (Å²) in [6.45, 7) is 0.680. The van der Waals surface area contributed by atoms with E-state index in [0.29, 0.717) is 6.54 Å². The van der Waals surface area contributed by atoms with Crippen LogP contribution in [0.5, 0.6) is 0 Å². The van der Waals surface area contributed by atoms with Crippen LogP contribution in [0.3, 0.4) is 0 Å². The zero-order valence-electron chi connectivity index (χ0n) is 13.0. The van der Waals surface area contributed by atoms with Crippen LogP contribution in [0.15, 0.2) is 41.4 Å². The minimum absolute atomic E-state index is 0.0791. The van der Waals surface area contributed by atoms with Gasteiger partial charge in [0.2, 0.25) is 0 Å². The van der Waals surface area contributed by atoms with E-state index in [1.54, 1.807) is 24.0 Å². The molecule has 1 aromatic heterocycles. The van der Waals surface area contributed by atoms with Gasteiger partial charge < -0.3 is 15.3 Å². The first kappa shape index (κ1) is 16.1. The van der Waals surface area contributed by atoms with Gasteiger partial charge in [-0.1, -0.05) is 0 Å². The normalized spacial score (nSPS) is 16.7. The molecule has 2 heterocycles. The van der Waals surface area contributed by atoms with Gasteiger partial charge >= 0.3 is 0 Å². The van der Waals surface area contributed by atoms with Crippen molar-refractivity contribution >= 4 is 23.3 Å². The summed E-state index contributed by atoms with van der Waals surface area (Å²) in [6.07, 6.45) is 2.72. The molecule has 3 rings (SSSR count). The molecular weight excluding hydrogens is 313 g/mol. The van der Waals surface area contributed by atoms with E-state index in [9.17, 15) is 4.39 Å². The van der Waals surface area contributed by atoms with Gasteiger partial charge in [-0.05, 0) is 42.3 Å². The fourth-order valence-corrected chi connectivity index (χ4v) is 3.78. The summed E-state index contributed by atoms with van der Waals surface area (Å²) in [5.41, 5.74) is 1.96. The van der Waals surface area contributed by atoms with E-state index in [0.717, 1.165) is 34.1 Å². The highest BCUT2D eigenvalue weighted by Gasteiger charge is 2.21. The molecule has 1 aliphatic rings. The molecule has 0 radical (unpaired) electrons. The Morgan fingerprint density at radius 3 is 3.00 bits per heavy atom. The number of thioether (sulfide) groups is 1. The maximum atomic E-state index is 13.5. The van der Waals surface area contributed by atoms with Crippen molar-refractivity contribution < 1.29 is 9.50 Å². The Morgan fingerprint density at radius 2 is 2.26 bits per heavy atom. The van der Waals surface area contributed by atoms with Crippen LogP contribution in [0.25, 0.3) is 0 Å². The summed E-state index contributed by atoms with van der Waals surface area (Å²) in [4.78, 5) is 7.51. The number of benzene rings is 1. The highest BCUT2D eigenvalue weighted by molar-refractivity contribution is 7.99. The Labute approximate surface area is 139 Å². The number of halogens is 1. The lowest BCUT2D eigenvalue weighted by Gasteiger charge is -2.26. The smallest absolute Gasteiger partial charge is 0.126 e. The number of nitrogens with zero attached hydrogens (tertiary/aromatic N) is 2. The highest BCUT2D eigenvalue weighted by Crippen LogP contribution is 2.38. The number of hydrogen-bond acceptors (Lipinski definition) is 5. The standard InChI is InChI=1S/C17H20FN3OS/c1-21(7-8-22)13-3-5-17(19-11-13)20-15-6-9-23-16-4-2-12(18)10-14(15)16/h2-5,10-11,15,22H,6-9H2,1H3,(H,19,20). The number of nitrogens with one attached hydrogen (secondary N) is 1. The first-order valence-corrected chi connectivity index (χ1v) is 8.63. The van der Waals surface area contributed by atoms with E-state index in [-0.39, 0.29) is 18.5 Å². The third kappa shape index (κ3) is 3.76. The molecule has 2 N–H and O–H groups in total. The lowest BCUT2D eigenvalue weighted by Crippen LogP contribution is -2.21. The molecule has 0 spiro atoms. The van der Waals surface area contributed by atoms with Crippen LogP contribution in [0.2, 0.25) is 0 Å². The van der Waals surface area contributed by atoms with Crippen molar-refractivity contribution in [2.75, 3.05) is 36.2 Å². The first-order valence-electron chi connectivity index (χ1n) is 7.64. The molecule has 0 bridgehead atoms. The summed E-state index contributed by atoms with van der Waals surface area (Å²) >= 11 is 1.77. The van der Waals surface area contributed by atoms with Crippen molar-refractivity contribution in [3.63, 3.8) is 0 Å². The second-order valence-corrected chi connectivity index (χ2v) is 6.70. The molecule has 122 valence electrons. The van der Waals surface area contributed by atoms with Crippen molar-refractivity contribution in [1.29, 1.82) is 0 Å². The van der Waals surface area contributed by atoms with Crippen molar-refractivity contribution in [1.82, 2.24) is 4.98 Å². The second kappa shape index (κ2) is 7.19. The quantitative estimate of drug-likeness (QED) is 0.879.